The van der Waals surface area contributed by atoms with E-state index in [-0.39, 0.29) is 18.0 Å². The number of alkyl halides is 5. The lowest BCUT2D eigenvalue weighted by atomic mass is 9.98. The molecule has 0 bridgehead atoms. The Hall–Kier alpha value is -0.870. The zero-order valence-corrected chi connectivity index (χ0v) is 14.4. The van der Waals surface area contributed by atoms with Crippen LogP contribution in [0.1, 0.15) is 11.6 Å². The van der Waals surface area contributed by atoms with Gasteiger partial charge in [-0.1, -0.05) is 17.7 Å². The van der Waals surface area contributed by atoms with Gasteiger partial charge in [0, 0.05) is 26.2 Å². The molecule has 0 spiro atoms. The largest absolute Gasteiger partial charge is 0.573 e. The van der Waals surface area contributed by atoms with Crippen LogP contribution in [0.5, 0.6) is 5.75 Å². The van der Waals surface area contributed by atoms with Crippen LogP contribution in [0.4, 0.5) is 22.0 Å². The number of benzene rings is 1. The monoisotopic (exact) mass is 410 g/mol. The normalized spacial score (nSPS) is 17.7. The van der Waals surface area contributed by atoms with Crippen molar-refractivity contribution < 1.29 is 31.8 Å². The Bertz CT molecular complexity index is 569. The minimum absolute atomic E-state index is 0. The van der Waals surface area contributed by atoms with Crippen LogP contribution < -0.4 is 10.1 Å². The Morgan fingerprint density at radius 2 is 1.80 bits per heavy atom. The van der Waals surface area contributed by atoms with E-state index >= 15 is 0 Å². The summed E-state index contributed by atoms with van der Waals surface area (Å²) in [7, 11) is 0. The van der Waals surface area contributed by atoms with Crippen molar-refractivity contribution in [2.45, 2.75) is 18.3 Å². The van der Waals surface area contributed by atoms with E-state index in [1.165, 1.54) is 4.90 Å². The highest BCUT2D eigenvalue weighted by Crippen LogP contribution is 2.40. The molecule has 4 nitrogen and oxygen atoms in total. The number of halogens is 7. The molecule has 1 fully saturated rings. The third-order valence-corrected chi connectivity index (χ3v) is 3.92. The molecule has 1 aliphatic heterocycles. The number of aliphatic hydroxyl groups excluding tert-OH is 1. The number of hydrogen-bond acceptors (Lipinski definition) is 4. The molecule has 0 aliphatic carbocycles. The summed E-state index contributed by atoms with van der Waals surface area (Å²) in [6.45, 7) is 0.194. The summed E-state index contributed by atoms with van der Waals surface area (Å²) < 4.78 is 69.0. The second kappa shape index (κ2) is 8.68. The maximum Gasteiger partial charge on any atom is 0.573 e. The van der Waals surface area contributed by atoms with Gasteiger partial charge >= 0.3 is 6.36 Å². The van der Waals surface area contributed by atoms with Gasteiger partial charge in [0.15, 0.2) is 0 Å². The Balaban J connectivity index is 0.00000312. The fourth-order valence-electron chi connectivity index (χ4n) is 2.64. The lowest BCUT2D eigenvalue weighted by Gasteiger charge is -2.38. The van der Waals surface area contributed by atoms with Gasteiger partial charge in [0.05, 0.1) is 5.02 Å². The standard InChI is InChI=1S/C14H16ClF5N2O2.ClH/c15-10-7-9(1-2-11(10)24-14(18,19)20)12(13(16,17)8-23)22-5-3-21-4-6-22;/h1-2,7,12,21,23H,3-6,8H2;1H/t12-;/m0./s1. The van der Waals surface area contributed by atoms with E-state index in [9.17, 15) is 22.0 Å². The van der Waals surface area contributed by atoms with Crippen molar-refractivity contribution in [3.8, 4) is 5.75 Å². The molecular weight excluding hydrogens is 394 g/mol. The molecule has 0 radical (unpaired) electrons. The van der Waals surface area contributed by atoms with Crippen molar-refractivity contribution in [2.24, 2.45) is 0 Å². The highest BCUT2D eigenvalue weighted by Gasteiger charge is 2.44. The smallest absolute Gasteiger partial charge is 0.404 e. The number of rotatable bonds is 5. The van der Waals surface area contributed by atoms with Crippen LogP contribution in [-0.4, -0.2) is 55.1 Å². The average Bonchev–Trinajstić information content (AvgIpc) is 2.50. The molecule has 1 aliphatic rings. The fourth-order valence-corrected chi connectivity index (χ4v) is 2.87. The fraction of sp³-hybridized carbons (Fsp3) is 0.571. The predicted molar refractivity (Wildman–Crippen MR) is 84.6 cm³/mol. The molecule has 144 valence electrons. The van der Waals surface area contributed by atoms with Crippen LogP contribution in [0.25, 0.3) is 0 Å². The van der Waals surface area contributed by atoms with Gasteiger partial charge in [0.25, 0.3) is 5.92 Å². The number of hydrogen-bond donors (Lipinski definition) is 2. The van der Waals surface area contributed by atoms with E-state index in [2.05, 4.69) is 10.1 Å². The molecule has 0 saturated carbocycles. The highest BCUT2D eigenvalue weighted by atomic mass is 35.5. The summed E-state index contributed by atoms with van der Waals surface area (Å²) in [6.07, 6.45) is -4.93. The Kier molecular flexibility index (Phi) is 7.70. The van der Waals surface area contributed by atoms with Gasteiger partial charge in [-0.15, -0.1) is 25.6 Å². The summed E-state index contributed by atoms with van der Waals surface area (Å²) in [5, 5.41) is 11.6. The van der Waals surface area contributed by atoms with E-state index in [1.807, 2.05) is 0 Å². The summed E-state index contributed by atoms with van der Waals surface area (Å²) >= 11 is 5.75. The Morgan fingerprint density at radius 3 is 2.28 bits per heavy atom. The lowest BCUT2D eigenvalue weighted by Crippen LogP contribution is -2.51. The molecule has 1 saturated heterocycles. The summed E-state index contributed by atoms with van der Waals surface area (Å²) in [4.78, 5) is 1.46. The first kappa shape index (κ1) is 22.2. The van der Waals surface area contributed by atoms with Crippen molar-refractivity contribution in [3.05, 3.63) is 28.8 Å². The van der Waals surface area contributed by atoms with Gasteiger partial charge < -0.3 is 15.2 Å². The summed E-state index contributed by atoms with van der Waals surface area (Å²) in [6, 6.07) is 1.51. The minimum Gasteiger partial charge on any atom is -0.404 e. The molecule has 1 aromatic carbocycles. The van der Waals surface area contributed by atoms with Crippen LogP contribution in [0.3, 0.4) is 0 Å². The highest BCUT2D eigenvalue weighted by molar-refractivity contribution is 6.32. The zero-order chi connectivity index (χ0) is 18.0. The molecule has 11 heteroatoms. The summed E-state index contributed by atoms with van der Waals surface area (Å²) in [5.41, 5.74) is 0.00970. The van der Waals surface area contributed by atoms with Gasteiger partial charge in [0.1, 0.15) is 18.4 Å². The first-order valence-electron chi connectivity index (χ1n) is 7.13. The first-order valence-corrected chi connectivity index (χ1v) is 7.50. The molecule has 1 heterocycles. The second-order valence-corrected chi connectivity index (χ2v) is 5.75. The van der Waals surface area contributed by atoms with Crippen LogP contribution in [0, 0.1) is 0 Å². The van der Waals surface area contributed by atoms with Crippen molar-refractivity contribution in [3.63, 3.8) is 0 Å². The quantitative estimate of drug-likeness (QED) is 0.731. The van der Waals surface area contributed by atoms with Crippen LogP contribution >= 0.6 is 24.0 Å². The van der Waals surface area contributed by atoms with Crippen molar-refractivity contribution >= 4 is 24.0 Å². The predicted octanol–water partition coefficient (Wildman–Crippen LogP) is 3.23. The Morgan fingerprint density at radius 1 is 1.20 bits per heavy atom. The van der Waals surface area contributed by atoms with Gasteiger partial charge in [-0.2, -0.15) is 0 Å². The number of piperazine rings is 1. The third kappa shape index (κ3) is 5.82. The maximum atomic E-state index is 14.2. The Labute approximate surface area is 152 Å². The van der Waals surface area contributed by atoms with Crippen molar-refractivity contribution in [1.29, 1.82) is 0 Å². The van der Waals surface area contributed by atoms with Crippen LogP contribution in [0.2, 0.25) is 5.02 Å². The topological polar surface area (TPSA) is 44.7 Å². The van der Waals surface area contributed by atoms with Crippen LogP contribution in [0.15, 0.2) is 18.2 Å². The molecule has 0 unspecified atom stereocenters. The number of ether oxygens (including phenoxy) is 1. The van der Waals surface area contributed by atoms with Crippen molar-refractivity contribution in [1.82, 2.24) is 10.2 Å². The van der Waals surface area contributed by atoms with Crippen LogP contribution in [-0.2, 0) is 0 Å². The summed E-state index contributed by atoms with van der Waals surface area (Å²) in [5.74, 6) is -4.15. The molecule has 0 aromatic heterocycles. The van der Waals surface area contributed by atoms with E-state index in [1.54, 1.807) is 0 Å². The second-order valence-electron chi connectivity index (χ2n) is 5.35. The number of nitrogens with one attached hydrogen (secondary N) is 1. The molecule has 2 rings (SSSR count). The SMILES string of the molecule is Cl.OCC(F)(F)[C@H](c1ccc(OC(F)(F)F)c(Cl)c1)N1CCNCC1. The molecule has 0 amide bonds. The third-order valence-electron chi connectivity index (χ3n) is 3.62. The first-order chi connectivity index (χ1) is 11.1. The molecule has 2 N–H and O–H groups in total. The van der Waals surface area contributed by atoms with Gasteiger partial charge in [-0.3, -0.25) is 4.90 Å². The average molecular weight is 411 g/mol. The molecule has 25 heavy (non-hydrogen) atoms. The molecule has 1 aromatic rings. The van der Waals surface area contributed by atoms with E-state index in [0.29, 0.717) is 26.2 Å². The van der Waals surface area contributed by atoms with Gasteiger partial charge in [-0.25, -0.2) is 8.78 Å². The van der Waals surface area contributed by atoms with Crippen molar-refractivity contribution in [2.75, 3.05) is 32.8 Å². The van der Waals surface area contributed by atoms with E-state index in [4.69, 9.17) is 16.7 Å². The lowest BCUT2D eigenvalue weighted by molar-refractivity contribution is -0.274. The maximum absolute atomic E-state index is 14.2. The zero-order valence-electron chi connectivity index (χ0n) is 12.8. The molecule has 1 atom stereocenters. The van der Waals surface area contributed by atoms with Gasteiger partial charge in [0.2, 0.25) is 0 Å². The number of aliphatic hydroxyl groups is 1. The van der Waals surface area contributed by atoms with E-state index < -0.39 is 35.7 Å². The van der Waals surface area contributed by atoms with E-state index in [0.717, 1.165) is 18.2 Å². The molecular formula is C14H17Cl2F5N2O2. The van der Waals surface area contributed by atoms with Gasteiger partial charge in [-0.05, 0) is 17.7 Å². The number of nitrogens with zero attached hydrogens (tertiary/aromatic N) is 1. The minimum atomic E-state index is -4.93.